The number of nitrogens with zero attached hydrogens (tertiary/aromatic N) is 1. The Bertz CT molecular complexity index is 1710. The fourth-order valence-corrected chi connectivity index (χ4v) is 5.55. The van der Waals surface area contributed by atoms with Gasteiger partial charge in [-0.25, -0.2) is 9.78 Å². The Labute approximate surface area is 223 Å². The summed E-state index contributed by atoms with van der Waals surface area (Å²) in [5.74, 6) is -2.00. The molecule has 0 fully saturated rings. The molecule has 0 aliphatic heterocycles. The summed E-state index contributed by atoms with van der Waals surface area (Å²) in [5.41, 5.74) is 6.46. The minimum atomic E-state index is -1.18. The Hall–Kier alpha value is -4.28. The molecule has 184 valence electrons. The number of amides is 2. The average Bonchev–Trinajstić information content (AvgIpc) is 3.56. The second-order valence-electron chi connectivity index (χ2n) is 8.07. The number of halogens is 1. The molecular weight excluding hydrogens is 556 g/mol. The standard InChI is InChI=1S/C27H19BrN4O4S/c28-25-19(27(36)30-11-9-23(33)34)6-5-18(24(25)15-4-7-21-22(12-15)37-14-32-21)26(35)31-13-16-2-1-3-20-17(16)8-10-29-20/h1-12,14,29H,13H2,(H,30,36)(H,31,35)(H,33,34). The molecule has 0 bridgehead atoms. The molecule has 2 amide bonds. The predicted octanol–water partition coefficient (Wildman–Crippen LogP) is 5.47. The number of nitrogens with one attached hydrogen (secondary N) is 3. The van der Waals surface area contributed by atoms with Crippen LogP contribution in [0.3, 0.4) is 0 Å². The maximum atomic E-state index is 13.5. The molecule has 0 spiro atoms. The molecule has 8 nitrogen and oxygen atoms in total. The maximum absolute atomic E-state index is 13.5. The zero-order chi connectivity index (χ0) is 25.9. The smallest absolute Gasteiger partial charge is 0.329 e. The fourth-order valence-electron chi connectivity index (χ4n) is 4.08. The Balaban J connectivity index is 1.52. The number of H-pyrrole nitrogens is 1. The van der Waals surface area contributed by atoms with E-state index in [0.29, 0.717) is 22.1 Å². The number of thiazole rings is 1. The van der Waals surface area contributed by atoms with E-state index in [1.54, 1.807) is 11.6 Å². The van der Waals surface area contributed by atoms with E-state index in [4.69, 9.17) is 5.11 Å². The van der Waals surface area contributed by atoms with Crippen LogP contribution in [-0.2, 0) is 11.3 Å². The van der Waals surface area contributed by atoms with Crippen molar-refractivity contribution in [2.75, 3.05) is 0 Å². The van der Waals surface area contributed by atoms with Gasteiger partial charge in [-0.2, -0.15) is 0 Å². The fraction of sp³-hybridized carbons (Fsp3) is 0.0370. The van der Waals surface area contributed by atoms with Crippen molar-refractivity contribution in [2.45, 2.75) is 6.54 Å². The van der Waals surface area contributed by atoms with Crippen molar-refractivity contribution in [1.29, 1.82) is 0 Å². The van der Waals surface area contributed by atoms with Crippen LogP contribution in [-0.4, -0.2) is 32.9 Å². The summed E-state index contributed by atoms with van der Waals surface area (Å²) < 4.78 is 1.35. The largest absolute Gasteiger partial charge is 0.478 e. The number of fused-ring (bicyclic) bond motifs is 2. The van der Waals surface area contributed by atoms with Gasteiger partial charge in [-0.15, -0.1) is 11.3 Å². The number of carboxylic acid groups (broad SMARTS) is 1. The lowest BCUT2D eigenvalue weighted by atomic mass is 9.96. The third-order valence-corrected chi connectivity index (χ3v) is 7.43. The number of aliphatic carboxylic acids is 1. The van der Waals surface area contributed by atoms with Gasteiger partial charge in [-0.1, -0.05) is 18.2 Å². The summed E-state index contributed by atoms with van der Waals surface area (Å²) in [4.78, 5) is 44.5. The van der Waals surface area contributed by atoms with Crippen LogP contribution in [0.5, 0.6) is 0 Å². The van der Waals surface area contributed by atoms with Crippen LogP contribution in [0.1, 0.15) is 26.3 Å². The molecule has 5 rings (SSSR count). The lowest BCUT2D eigenvalue weighted by Crippen LogP contribution is -2.24. The molecule has 10 heteroatoms. The van der Waals surface area contributed by atoms with E-state index in [0.717, 1.165) is 44.5 Å². The minimum Gasteiger partial charge on any atom is -0.478 e. The number of aromatic nitrogens is 2. The Morgan fingerprint density at radius 3 is 2.73 bits per heavy atom. The van der Waals surface area contributed by atoms with Gasteiger partial charge >= 0.3 is 5.97 Å². The molecule has 0 atom stereocenters. The van der Waals surface area contributed by atoms with Crippen LogP contribution in [0, 0.1) is 0 Å². The van der Waals surface area contributed by atoms with Gasteiger partial charge in [0.1, 0.15) is 0 Å². The van der Waals surface area contributed by atoms with Crippen molar-refractivity contribution in [3.63, 3.8) is 0 Å². The predicted molar refractivity (Wildman–Crippen MR) is 146 cm³/mol. The van der Waals surface area contributed by atoms with Crippen molar-refractivity contribution in [2.24, 2.45) is 0 Å². The van der Waals surface area contributed by atoms with Crippen LogP contribution in [0.15, 0.2) is 83.1 Å². The van der Waals surface area contributed by atoms with E-state index < -0.39 is 11.9 Å². The van der Waals surface area contributed by atoms with Crippen molar-refractivity contribution >= 4 is 66.2 Å². The number of benzene rings is 3. The first-order valence-electron chi connectivity index (χ1n) is 11.1. The van der Waals surface area contributed by atoms with E-state index in [2.05, 4.69) is 36.5 Å². The van der Waals surface area contributed by atoms with Gasteiger partial charge in [0.25, 0.3) is 11.8 Å². The van der Waals surface area contributed by atoms with Crippen LogP contribution < -0.4 is 10.6 Å². The molecule has 2 aromatic heterocycles. The highest BCUT2D eigenvalue weighted by atomic mass is 79.9. The van der Waals surface area contributed by atoms with Crippen molar-refractivity contribution in [1.82, 2.24) is 20.6 Å². The van der Waals surface area contributed by atoms with E-state index in [1.807, 2.05) is 48.7 Å². The van der Waals surface area contributed by atoms with Crippen molar-refractivity contribution in [3.05, 3.63) is 99.7 Å². The van der Waals surface area contributed by atoms with Gasteiger partial charge in [-0.05, 0) is 63.5 Å². The summed E-state index contributed by atoms with van der Waals surface area (Å²) in [6.45, 7) is 0.321. The molecular formula is C27H19BrN4O4S. The molecule has 0 aliphatic carbocycles. The quantitative estimate of drug-likeness (QED) is 0.192. The Morgan fingerprint density at radius 1 is 1.05 bits per heavy atom. The lowest BCUT2D eigenvalue weighted by molar-refractivity contribution is -0.131. The number of hydrogen-bond acceptors (Lipinski definition) is 5. The third kappa shape index (κ3) is 5.02. The van der Waals surface area contributed by atoms with Gasteiger partial charge in [-0.3, -0.25) is 9.59 Å². The highest BCUT2D eigenvalue weighted by molar-refractivity contribution is 9.10. The van der Waals surface area contributed by atoms with Gasteiger partial charge in [0.05, 0.1) is 21.3 Å². The molecule has 2 heterocycles. The molecule has 0 saturated carbocycles. The molecule has 5 aromatic rings. The Morgan fingerprint density at radius 2 is 1.89 bits per heavy atom. The summed E-state index contributed by atoms with van der Waals surface area (Å²) >= 11 is 5.02. The zero-order valence-electron chi connectivity index (χ0n) is 19.1. The van der Waals surface area contributed by atoms with Gasteiger partial charge in [0.2, 0.25) is 0 Å². The van der Waals surface area contributed by atoms with Crippen LogP contribution >= 0.6 is 27.3 Å². The monoisotopic (exact) mass is 574 g/mol. The molecule has 37 heavy (non-hydrogen) atoms. The topological polar surface area (TPSA) is 124 Å². The lowest BCUT2D eigenvalue weighted by Gasteiger charge is -2.16. The zero-order valence-corrected chi connectivity index (χ0v) is 21.5. The molecule has 3 aromatic carbocycles. The summed E-state index contributed by atoms with van der Waals surface area (Å²) in [5, 5.41) is 15.3. The summed E-state index contributed by atoms with van der Waals surface area (Å²) in [6, 6.07) is 16.6. The number of aromatic amines is 1. The second-order valence-corrected chi connectivity index (χ2v) is 9.75. The molecule has 4 N–H and O–H groups in total. The summed E-state index contributed by atoms with van der Waals surface area (Å²) in [6.07, 6.45) is 3.75. The third-order valence-electron chi connectivity index (χ3n) is 5.82. The van der Waals surface area contributed by atoms with Crippen molar-refractivity contribution < 1.29 is 19.5 Å². The first-order chi connectivity index (χ1) is 17.9. The highest BCUT2D eigenvalue weighted by Crippen LogP contribution is 2.36. The van der Waals surface area contributed by atoms with Gasteiger partial charge in [0.15, 0.2) is 0 Å². The first-order valence-corrected chi connectivity index (χ1v) is 12.8. The average molecular weight is 575 g/mol. The number of carbonyl (C=O) groups excluding carboxylic acids is 2. The summed E-state index contributed by atoms with van der Waals surface area (Å²) in [7, 11) is 0. The van der Waals surface area contributed by atoms with Crippen LogP contribution in [0.4, 0.5) is 0 Å². The van der Waals surface area contributed by atoms with Crippen LogP contribution in [0.2, 0.25) is 0 Å². The highest BCUT2D eigenvalue weighted by Gasteiger charge is 2.22. The molecule has 0 saturated heterocycles. The molecule has 0 radical (unpaired) electrons. The van der Waals surface area contributed by atoms with E-state index in [1.165, 1.54) is 17.4 Å². The molecule has 0 unspecified atom stereocenters. The molecule has 0 aliphatic rings. The Kier molecular flexibility index (Phi) is 6.85. The van der Waals surface area contributed by atoms with Crippen LogP contribution in [0.25, 0.3) is 32.2 Å². The van der Waals surface area contributed by atoms with E-state index >= 15 is 0 Å². The van der Waals surface area contributed by atoms with Crippen molar-refractivity contribution in [3.8, 4) is 11.1 Å². The van der Waals surface area contributed by atoms with Gasteiger partial charge in [0, 0.05) is 51.5 Å². The van der Waals surface area contributed by atoms with E-state index in [9.17, 15) is 14.4 Å². The number of hydrogen-bond donors (Lipinski definition) is 4. The maximum Gasteiger partial charge on any atom is 0.329 e. The number of carboxylic acids is 1. The second kappa shape index (κ2) is 10.4. The SMILES string of the molecule is O=C(O)C=CNC(=O)c1ccc(C(=O)NCc2cccc3[nH]ccc23)c(-c2ccc3ncsc3c2)c1Br. The number of rotatable bonds is 7. The van der Waals surface area contributed by atoms with Gasteiger partial charge < -0.3 is 20.7 Å². The number of carbonyl (C=O) groups is 3. The van der Waals surface area contributed by atoms with E-state index in [-0.39, 0.29) is 11.5 Å². The first kappa shape index (κ1) is 24.4. The minimum absolute atomic E-state index is 0.253. The normalized spacial score (nSPS) is 11.3.